The van der Waals surface area contributed by atoms with Crippen molar-refractivity contribution in [3.8, 4) is 0 Å². The van der Waals surface area contributed by atoms with E-state index >= 15 is 0 Å². The number of aryl methyl sites for hydroxylation is 1. The zero-order chi connectivity index (χ0) is 14.9. The van der Waals surface area contributed by atoms with E-state index in [2.05, 4.69) is 53.5 Å². The Balaban J connectivity index is 1.90. The van der Waals surface area contributed by atoms with Gasteiger partial charge in [0.1, 0.15) is 12.2 Å². The van der Waals surface area contributed by atoms with Gasteiger partial charge in [-0.1, -0.05) is 26.0 Å². The number of nitrogens with one attached hydrogen (secondary N) is 1. The highest BCUT2D eigenvalue weighted by Gasteiger charge is 2.05. The minimum Gasteiger partial charge on any atom is -0.313 e. The topological polar surface area (TPSA) is 42.7 Å². The molecule has 0 aliphatic carbocycles. The van der Waals surface area contributed by atoms with E-state index in [0.717, 1.165) is 37.6 Å². The third-order valence-electron chi connectivity index (χ3n) is 3.15. The smallest absolute Gasteiger partial charge is 0.138 e. The molecule has 5 heteroatoms. The molecule has 1 aromatic carbocycles. The predicted molar refractivity (Wildman–Crippen MR) is 88.3 cm³/mol. The summed E-state index contributed by atoms with van der Waals surface area (Å²) in [6, 6.07) is 8.72. The van der Waals surface area contributed by atoms with Gasteiger partial charge in [0.2, 0.25) is 0 Å². The van der Waals surface area contributed by atoms with Crippen molar-refractivity contribution in [1.82, 2.24) is 20.1 Å². The van der Waals surface area contributed by atoms with Gasteiger partial charge in [-0.2, -0.15) is 5.10 Å². The van der Waals surface area contributed by atoms with Crippen molar-refractivity contribution in [2.45, 2.75) is 50.4 Å². The fourth-order valence-corrected chi connectivity index (χ4v) is 3.03. The second-order valence-corrected chi connectivity index (χ2v) is 6.06. The van der Waals surface area contributed by atoms with Crippen LogP contribution < -0.4 is 5.32 Å². The Kier molecular flexibility index (Phi) is 6.76. The van der Waals surface area contributed by atoms with Crippen molar-refractivity contribution in [3.63, 3.8) is 0 Å². The highest BCUT2D eigenvalue weighted by molar-refractivity contribution is 7.98. The molecule has 0 bridgehead atoms. The first-order valence-corrected chi connectivity index (χ1v) is 8.61. The number of benzene rings is 1. The quantitative estimate of drug-likeness (QED) is 0.569. The summed E-state index contributed by atoms with van der Waals surface area (Å²) in [4.78, 5) is 5.64. The Morgan fingerprint density at radius 3 is 2.95 bits per heavy atom. The van der Waals surface area contributed by atoms with Gasteiger partial charge in [-0.15, -0.1) is 11.8 Å². The van der Waals surface area contributed by atoms with Gasteiger partial charge in [0, 0.05) is 18.0 Å². The van der Waals surface area contributed by atoms with Gasteiger partial charge in [0.15, 0.2) is 0 Å². The van der Waals surface area contributed by atoms with E-state index in [0.29, 0.717) is 0 Å². The van der Waals surface area contributed by atoms with Crippen LogP contribution in [0.3, 0.4) is 0 Å². The Hall–Kier alpha value is -1.33. The largest absolute Gasteiger partial charge is 0.313 e. The zero-order valence-electron chi connectivity index (χ0n) is 12.9. The van der Waals surface area contributed by atoms with E-state index in [9.17, 15) is 0 Å². The number of thioether (sulfide) groups is 1. The molecule has 0 atom stereocenters. The van der Waals surface area contributed by atoms with Crippen LogP contribution in [0.5, 0.6) is 0 Å². The maximum absolute atomic E-state index is 4.35. The number of rotatable bonds is 9. The van der Waals surface area contributed by atoms with Crippen molar-refractivity contribution in [1.29, 1.82) is 0 Å². The lowest BCUT2D eigenvalue weighted by Gasteiger charge is -2.07. The second-order valence-electron chi connectivity index (χ2n) is 5.01. The standard InChI is InChI=1S/C16H24N4S/c1-3-8-17-11-14-6-5-7-15(10-14)21-12-16-18-13-19-20(16)9-4-2/h5-7,10,13,17H,3-4,8-9,11-12H2,1-2H3. The van der Waals surface area contributed by atoms with Gasteiger partial charge in [-0.25, -0.2) is 9.67 Å². The van der Waals surface area contributed by atoms with Crippen LogP contribution in [0.4, 0.5) is 0 Å². The normalized spacial score (nSPS) is 11.0. The lowest BCUT2D eigenvalue weighted by atomic mass is 10.2. The molecule has 0 spiro atoms. The van der Waals surface area contributed by atoms with Crippen LogP contribution in [0.25, 0.3) is 0 Å². The molecular weight excluding hydrogens is 280 g/mol. The SMILES string of the molecule is CCCNCc1cccc(SCc2ncnn2CCC)c1. The molecule has 2 aromatic rings. The molecule has 0 fully saturated rings. The summed E-state index contributed by atoms with van der Waals surface area (Å²) in [6.45, 7) is 7.29. The van der Waals surface area contributed by atoms with Gasteiger partial charge in [0.25, 0.3) is 0 Å². The van der Waals surface area contributed by atoms with Crippen LogP contribution in [-0.2, 0) is 18.8 Å². The van der Waals surface area contributed by atoms with Crippen molar-refractivity contribution >= 4 is 11.8 Å². The van der Waals surface area contributed by atoms with Crippen LogP contribution in [0.1, 0.15) is 38.1 Å². The van der Waals surface area contributed by atoms with Crippen molar-refractivity contribution in [2.24, 2.45) is 0 Å². The average Bonchev–Trinajstić information content (AvgIpc) is 2.94. The average molecular weight is 304 g/mol. The van der Waals surface area contributed by atoms with Crippen molar-refractivity contribution < 1.29 is 0 Å². The fraction of sp³-hybridized carbons (Fsp3) is 0.500. The third-order valence-corrected chi connectivity index (χ3v) is 4.14. The summed E-state index contributed by atoms with van der Waals surface area (Å²) in [7, 11) is 0. The minimum atomic E-state index is 0.867. The molecule has 0 saturated carbocycles. The van der Waals surface area contributed by atoms with E-state index < -0.39 is 0 Å². The Bertz CT molecular complexity index is 539. The highest BCUT2D eigenvalue weighted by Crippen LogP contribution is 2.22. The first kappa shape index (κ1) is 16.0. The van der Waals surface area contributed by atoms with Crippen LogP contribution in [0.15, 0.2) is 35.5 Å². The summed E-state index contributed by atoms with van der Waals surface area (Å²) in [5.41, 5.74) is 1.34. The molecule has 0 amide bonds. The van der Waals surface area contributed by atoms with E-state index in [1.807, 2.05) is 16.4 Å². The van der Waals surface area contributed by atoms with E-state index in [4.69, 9.17) is 0 Å². The molecule has 114 valence electrons. The lowest BCUT2D eigenvalue weighted by Crippen LogP contribution is -2.13. The molecule has 1 N–H and O–H groups in total. The van der Waals surface area contributed by atoms with Crippen LogP contribution in [0, 0.1) is 0 Å². The number of nitrogens with zero attached hydrogens (tertiary/aromatic N) is 3. The van der Waals surface area contributed by atoms with Crippen LogP contribution >= 0.6 is 11.8 Å². The summed E-state index contributed by atoms with van der Waals surface area (Å²) in [5, 5.41) is 7.71. The second kappa shape index (κ2) is 8.85. The predicted octanol–water partition coefficient (Wildman–Crippen LogP) is 3.48. The van der Waals surface area contributed by atoms with Crippen LogP contribution in [-0.4, -0.2) is 21.3 Å². The molecule has 0 radical (unpaired) electrons. The van der Waals surface area contributed by atoms with Gasteiger partial charge in [-0.05, 0) is 37.1 Å². The minimum absolute atomic E-state index is 0.867. The van der Waals surface area contributed by atoms with Gasteiger partial charge >= 0.3 is 0 Å². The van der Waals surface area contributed by atoms with Gasteiger partial charge < -0.3 is 5.32 Å². The van der Waals surface area contributed by atoms with Crippen molar-refractivity contribution in [3.05, 3.63) is 42.0 Å². The Labute approximate surface area is 131 Å². The molecule has 0 saturated heterocycles. The van der Waals surface area contributed by atoms with Gasteiger partial charge in [-0.3, -0.25) is 0 Å². The molecule has 0 aliphatic heterocycles. The maximum atomic E-state index is 4.35. The van der Waals surface area contributed by atoms with Crippen LogP contribution in [0.2, 0.25) is 0 Å². The zero-order valence-corrected chi connectivity index (χ0v) is 13.7. The molecule has 4 nitrogen and oxygen atoms in total. The van der Waals surface area contributed by atoms with Gasteiger partial charge in [0.05, 0.1) is 5.75 Å². The first-order valence-electron chi connectivity index (χ1n) is 7.62. The lowest BCUT2D eigenvalue weighted by molar-refractivity contribution is 0.581. The maximum Gasteiger partial charge on any atom is 0.138 e. The van der Waals surface area contributed by atoms with E-state index in [1.54, 1.807) is 6.33 Å². The van der Waals surface area contributed by atoms with E-state index in [-0.39, 0.29) is 0 Å². The summed E-state index contributed by atoms with van der Waals surface area (Å²) in [6.07, 6.45) is 3.90. The molecule has 1 aromatic heterocycles. The third kappa shape index (κ3) is 5.17. The summed E-state index contributed by atoms with van der Waals surface area (Å²) in [5.74, 6) is 1.92. The number of hydrogen-bond donors (Lipinski definition) is 1. The summed E-state index contributed by atoms with van der Waals surface area (Å²) >= 11 is 1.82. The van der Waals surface area contributed by atoms with E-state index in [1.165, 1.54) is 16.9 Å². The molecule has 21 heavy (non-hydrogen) atoms. The Morgan fingerprint density at radius 2 is 2.14 bits per heavy atom. The molecule has 1 heterocycles. The van der Waals surface area contributed by atoms with Crippen molar-refractivity contribution in [2.75, 3.05) is 6.54 Å². The molecule has 2 rings (SSSR count). The molecule has 0 unspecified atom stereocenters. The summed E-state index contributed by atoms with van der Waals surface area (Å²) < 4.78 is 2.00. The molecular formula is C16H24N4S. The first-order chi connectivity index (χ1) is 10.3. The monoisotopic (exact) mass is 304 g/mol. The number of hydrogen-bond acceptors (Lipinski definition) is 4. The number of aromatic nitrogens is 3. The fourth-order valence-electron chi connectivity index (χ4n) is 2.10. The Morgan fingerprint density at radius 1 is 1.24 bits per heavy atom. The highest BCUT2D eigenvalue weighted by atomic mass is 32.2. The molecule has 0 aliphatic rings.